The van der Waals surface area contributed by atoms with Crippen molar-refractivity contribution >= 4 is 26.0 Å². The second-order valence-electron chi connectivity index (χ2n) is 4.13. The molecule has 0 bridgehead atoms. The predicted molar refractivity (Wildman–Crippen MR) is 72.3 cm³/mol. The molecule has 7 heteroatoms. The van der Waals surface area contributed by atoms with E-state index in [0.29, 0.717) is 23.3 Å². The van der Waals surface area contributed by atoms with Gasteiger partial charge in [0.15, 0.2) is 0 Å². The van der Waals surface area contributed by atoms with Crippen LogP contribution in [0.4, 0.5) is 0 Å². The minimum atomic E-state index is -3.44. The van der Waals surface area contributed by atoms with Gasteiger partial charge in [-0.1, -0.05) is 0 Å². The Kier molecular flexibility index (Phi) is 3.96. The highest BCUT2D eigenvalue weighted by molar-refractivity contribution is 9.10. The molecule has 1 aromatic rings. The normalized spacial score (nSPS) is 16.7. The summed E-state index contributed by atoms with van der Waals surface area (Å²) in [4.78, 5) is 0.268. The van der Waals surface area contributed by atoms with Crippen LogP contribution in [0.5, 0.6) is 5.75 Å². The van der Waals surface area contributed by atoms with E-state index in [1.807, 2.05) is 0 Å². The third-order valence-electron chi connectivity index (χ3n) is 3.07. The molecule has 1 fully saturated rings. The highest BCUT2D eigenvalue weighted by Crippen LogP contribution is 2.29. The maximum absolute atomic E-state index is 12.4. The van der Waals surface area contributed by atoms with Gasteiger partial charge in [-0.25, -0.2) is 8.42 Å². The Labute approximate surface area is 115 Å². The van der Waals surface area contributed by atoms with Gasteiger partial charge in [0.2, 0.25) is 10.0 Å². The van der Waals surface area contributed by atoms with Crippen LogP contribution in [0.1, 0.15) is 0 Å². The van der Waals surface area contributed by atoms with Gasteiger partial charge in [0.1, 0.15) is 5.75 Å². The van der Waals surface area contributed by atoms with Gasteiger partial charge in [0.25, 0.3) is 0 Å². The second kappa shape index (κ2) is 5.16. The molecule has 0 aliphatic carbocycles. The van der Waals surface area contributed by atoms with Crippen LogP contribution in [0.3, 0.4) is 0 Å². The van der Waals surface area contributed by atoms with Gasteiger partial charge in [-0.05, 0) is 34.1 Å². The third-order valence-corrected chi connectivity index (χ3v) is 5.60. The minimum Gasteiger partial charge on any atom is -0.496 e. The van der Waals surface area contributed by atoms with Crippen LogP contribution in [0.15, 0.2) is 27.6 Å². The molecular weight excluding hydrogens is 320 g/mol. The molecule has 18 heavy (non-hydrogen) atoms. The quantitative estimate of drug-likeness (QED) is 0.894. The van der Waals surface area contributed by atoms with E-state index in [1.54, 1.807) is 32.4 Å². The molecule has 100 valence electrons. The Morgan fingerprint density at radius 3 is 2.56 bits per heavy atom. The maximum atomic E-state index is 12.4. The first-order valence-corrected chi connectivity index (χ1v) is 7.72. The Morgan fingerprint density at radius 2 is 2.11 bits per heavy atom. The summed E-state index contributed by atoms with van der Waals surface area (Å²) in [6.07, 6.45) is 0. The van der Waals surface area contributed by atoms with Gasteiger partial charge in [-0.2, -0.15) is 4.31 Å². The van der Waals surface area contributed by atoms with Crippen molar-refractivity contribution in [2.75, 3.05) is 27.2 Å². The molecular formula is C11H15BrN2O3S. The zero-order chi connectivity index (χ0) is 13.3. The molecule has 0 amide bonds. The van der Waals surface area contributed by atoms with Gasteiger partial charge in [-0.3, -0.25) is 0 Å². The van der Waals surface area contributed by atoms with Crippen LogP contribution in [0.25, 0.3) is 0 Å². The second-order valence-corrected chi connectivity index (χ2v) is 6.98. The van der Waals surface area contributed by atoms with Gasteiger partial charge in [0.05, 0.1) is 16.5 Å². The molecule has 0 saturated carbocycles. The van der Waals surface area contributed by atoms with Crippen LogP contribution in [0, 0.1) is 0 Å². The molecule has 0 radical (unpaired) electrons. The number of nitrogens with one attached hydrogen (secondary N) is 1. The number of methoxy groups -OCH3 is 1. The lowest BCUT2D eigenvalue weighted by molar-refractivity contribution is 0.274. The van der Waals surface area contributed by atoms with E-state index in [0.717, 1.165) is 0 Å². The molecule has 0 atom stereocenters. The van der Waals surface area contributed by atoms with Gasteiger partial charge in [-0.15, -0.1) is 0 Å². The minimum absolute atomic E-state index is 0.0378. The first kappa shape index (κ1) is 13.8. The van der Waals surface area contributed by atoms with E-state index >= 15 is 0 Å². The zero-order valence-corrected chi connectivity index (χ0v) is 12.6. The number of hydrogen-bond acceptors (Lipinski definition) is 4. The molecule has 1 aliphatic heterocycles. The van der Waals surface area contributed by atoms with Crippen molar-refractivity contribution < 1.29 is 13.2 Å². The van der Waals surface area contributed by atoms with Crippen LogP contribution in [-0.4, -0.2) is 46.0 Å². The first-order chi connectivity index (χ1) is 8.46. The van der Waals surface area contributed by atoms with Gasteiger partial charge < -0.3 is 10.1 Å². The fraction of sp³-hybridized carbons (Fsp3) is 0.455. The van der Waals surface area contributed by atoms with E-state index in [9.17, 15) is 8.42 Å². The summed E-state index contributed by atoms with van der Waals surface area (Å²) in [6.45, 7) is 1.40. The van der Waals surface area contributed by atoms with Crippen molar-refractivity contribution in [3.05, 3.63) is 22.7 Å². The van der Waals surface area contributed by atoms with Gasteiger partial charge in [0, 0.05) is 26.2 Å². The van der Waals surface area contributed by atoms with Gasteiger partial charge >= 0.3 is 0 Å². The lowest BCUT2D eigenvalue weighted by Crippen LogP contribution is -2.57. The molecule has 1 aromatic carbocycles. The van der Waals surface area contributed by atoms with Crippen LogP contribution in [0.2, 0.25) is 0 Å². The molecule has 5 nitrogen and oxygen atoms in total. The number of halogens is 1. The first-order valence-electron chi connectivity index (χ1n) is 5.49. The monoisotopic (exact) mass is 334 g/mol. The summed E-state index contributed by atoms with van der Waals surface area (Å²) < 4.78 is 31.8. The third kappa shape index (κ3) is 2.40. The largest absolute Gasteiger partial charge is 0.496 e. The molecule has 1 heterocycles. The fourth-order valence-corrected chi connectivity index (χ4v) is 3.77. The number of ether oxygens (including phenoxy) is 1. The summed E-state index contributed by atoms with van der Waals surface area (Å²) in [6, 6.07) is 4.80. The summed E-state index contributed by atoms with van der Waals surface area (Å²) in [7, 11) is -0.287. The van der Waals surface area contributed by atoms with Crippen molar-refractivity contribution in [2.24, 2.45) is 0 Å². The molecule has 0 aromatic heterocycles. The number of nitrogens with zero attached hydrogens (tertiary/aromatic N) is 1. The lowest BCUT2D eigenvalue weighted by Gasteiger charge is -2.34. The highest BCUT2D eigenvalue weighted by atomic mass is 79.9. The van der Waals surface area contributed by atoms with E-state index in [2.05, 4.69) is 21.2 Å². The Morgan fingerprint density at radius 1 is 1.44 bits per heavy atom. The average Bonchev–Trinajstić information content (AvgIpc) is 2.26. The van der Waals surface area contributed by atoms with Crippen LogP contribution >= 0.6 is 15.9 Å². The lowest BCUT2D eigenvalue weighted by atomic mass is 10.2. The van der Waals surface area contributed by atoms with Crippen LogP contribution in [-0.2, 0) is 10.0 Å². The summed E-state index contributed by atoms with van der Waals surface area (Å²) >= 11 is 3.30. The molecule has 2 rings (SSSR count). The van der Waals surface area contributed by atoms with Crippen molar-refractivity contribution in [3.63, 3.8) is 0 Å². The van der Waals surface area contributed by atoms with Crippen molar-refractivity contribution in [1.82, 2.24) is 9.62 Å². The molecule has 1 N–H and O–H groups in total. The molecule has 1 saturated heterocycles. The van der Waals surface area contributed by atoms with Crippen LogP contribution < -0.4 is 10.1 Å². The zero-order valence-electron chi connectivity index (χ0n) is 10.2. The van der Waals surface area contributed by atoms with Crippen molar-refractivity contribution in [3.8, 4) is 5.75 Å². The molecule has 1 aliphatic rings. The standard InChI is InChI=1S/C11H15BrN2O3S/c1-14(8-6-13-7-8)18(15,16)9-3-4-11(17-2)10(12)5-9/h3-5,8,13H,6-7H2,1-2H3. The Balaban J connectivity index is 2.31. The fourth-order valence-electron chi connectivity index (χ4n) is 1.70. The summed E-state index contributed by atoms with van der Waals surface area (Å²) in [5.41, 5.74) is 0. The number of sulfonamides is 1. The van der Waals surface area contributed by atoms with Crippen molar-refractivity contribution in [2.45, 2.75) is 10.9 Å². The molecule has 0 unspecified atom stereocenters. The Bertz CT molecular complexity index is 543. The summed E-state index contributed by atoms with van der Waals surface area (Å²) in [5.74, 6) is 0.613. The predicted octanol–water partition coefficient (Wildman–Crippen LogP) is 1.05. The van der Waals surface area contributed by atoms with E-state index < -0.39 is 10.0 Å². The Hall–Kier alpha value is -0.630. The smallest absolute Gasteiger partial charge is 0.243 e. The number of rotatable bonds is 4. The number of benzene rings is 1. The van der Waals surface area contributed by atoms with E-state index in [4.69, 9.17) is 4.74 Å². The SMILES string of the molecule is COc1ccc(S(=O)(=O)N(C)C2CNC2)cc1Br. The topological polar surface area (TPSA) is 58.6 Å². The number of likely N-dealkylation sites (N-methyl/N-ethyl adjacent to an activating group) is 1. The average molecular weight is 335 g/mol. The highest BCUT2D eigenvalue weighted by Gasteiger charge is 2.31. The van der Waals surface area contributed by atoms with E-state index in [-0.39, 0.29) is 10.9 Å². The number of hydrogen-bond donors (Lipinski definition) is 1. The van der Waals surface area contributed by atoms with E-state index in [1.165, 1.54) is 4.31 Å². The molecule has 0 spiro atoms. The van der Waals surface area contributed by atoms with Crippen molar-refractivity contribution in [1.29, 1.82) is 0 Å². The maximum Gasteiger partial charge on any atom is 0.243 e. The summed E-state index contributed by atoms with van der Waals surface area (Å²) in [5, 5.41) is 3.06.